The van der Waals surface area contributed by atoms with Gasteiger partial charge in [-0.05, 0) is 61.1 Å². The van der Waals surface area contributed by atoms with Crippen LogP contribution in [-0.4, -0.2) is 11.7 Å². The Morgan fingerprint density at radius 2 is 1.95 bits per heavy atom. The minimum atomic E-state index is -1.15. The van der Waals surface area contributed by atoms with Gasteiger partial charge in [0.05, 0.1) is 11.7 Å². The molecule has 1 aromatic rings. The molecular weight excluding hydrogens is 264 g/mol. The highest BCUT2D eigenvalue weighted by atomic mass is 16.4. The molecule has 0 amide bonds. The lowest BCUT2D eigenvalue weighted by molar-refractivity contribution is -0.255. The molecule has 3 saturated carbocycles. The number of carboxylic acids is 1. The molecule has 0 unspecified atom stereocenters. The number of aromatic carboxylic acids is 1. The summed E-state index contributed by atoms with van der Waals surface area (Å²) in [4.78, 5) is 10.7. The molecule has 2 bridgehead atoms. The Morgan fingerprint density at radius 1 is 1.19 bits per heavy atom. The van der Waals surface area contributed by atoms with E-state index < -0.39 is 5.97 Å². The Hall–Kier alpha value is -1.84. The highest BCUT2D eigenvalue weighted by Gasteiger charge is 2.52. The van der Waals surface area contributed by atoms with Crippen molar-refractivity contribution in [3.63, 3.8) is 0 Å². The first-order chi connectivity index (χ1) is 10.2. The van der Waals surface area contributed by atoms with Gasteiger partial charge in [0, 0.05) is 11.6 Å². The number of carboxylic acid groups (broad SMARTS) is 1. The molecule has 21 heavy (non-hydrogen) atoms. The lowest BCUT2D eigenvalue weighted by Crippen LogP contribution is -2.25. The molecule has 0 heterocycles. The van der Waals surface area contributed by atoms with E-state index >= 15 is 0 Å². The molecule has 0 aromatic heterocycles. The summed E-state index contributed by atoms with van der Waals surface area (Å²) in [6, 6.07) is 6.57. The summed E-state index contributed by atoms with van der Waals surface area (Å²) < 4.78 is 0. The van der Waals surface area contributed by atoms with Gasteiger partial charge in [-0.3, -0.25) is 5.43 Å². The zero-order chi connectivity index (χ0) is 14.4. The van der Waals surface area contributed by atoms with Crippen LogP contribution in [0, 0.1) is 23.7 Å². The standard InChI is InChI=1S/C17H20N2O2/c20-17(21)10-4-6-12(7-5-10)18-19-16-9-11-8-15(16)14-3-1-2-13(11)14/h4-7,11,13-15,18H,1-3,8-9H2,(H,20,21)/p-1/b19-16-/t11-,13-,14+,15+/m1/s1. The fraction of sp³-hybridized carbons (Fsp3) is 0.529. The predicted molar refractivity (Wildman–Crippen MR) is 78.9 cm³/mol. The first kappa shape index (κ1) is 12.9. The Bertz CT molecular complexity index is 593. The first-order valence-electron chi connectivity index (χ1n) is 7.86. The fourth-order valence-corrected chi connectivity index (χ4v) is 4.76. The zero-order valence-electron chi connectivity index (χ0n) is 11.9. The van der Waals surface area contributed by atoms with Crippen LogP contribution >= 0.6 is 0 Å². The molecule has 4 rings (SSSR count). The van der Waals surface area contributed by atoms with E-state index in [2.05, 4.69) is 10.5 Å². The average Bonchev–Trinajstić information content (AvgIpc) is 3.17. The molecule has 0 aliphatic heterocycles. The SMILES string of the molecule is O=C([O-])c1ccc(N/N=C2/C[C@H]3C[C@H]2[C@H]2CCC[C@H]32)cc1. The van der Waals surface area contributed by atoms with Gasteiger partial charge in [-0.1, -0.05) is 18.6 Å². The average molecular weight is 283 g/mol. The molecule has 0 spiro atoms. The number of anilines is 1. The van der Waals surface area contributed by atoms with Crippen LogP contribution in [0.15, 0.2) is 29.4 Å². The molecule has 4 nitrogen and oxygen atoms in total. The van der Waals surface area contributed by atoms with Crippen LogP contribution in [0.2, 0.25) is 0 Å². The van der Waals surface area contributed by atoms with Crippen molar-refractivity contribution in [1.82, 2.24) is 0 Å². The number of fused-ring (bicyclic) bond motifs is 5. The van der Waals surface area contributed by atoms with E-state index in [9.17, 15) is 9.90 Å². The number of nitrogens with one attached hydrogen (secondary N) is 1. The molecule has 3 aliphatic rings. The molecule has 1 N–H and O–H groups in total. The first-order valence-corrected chi connectivity index (χ1v) is 7.86. The van der Waals surface area contributed by atoms with Crippen molar-refractivity contribution in [1.29, 1.82) is 0 Å². The molecule has 110 valence electrons. The summed E-state index contributed by atoms with van der Waals surface area (Å²) in [7, 11) is 0. The van der Waals surface area contributed by atoms with Crippen LogP contribution in [0.5, 0.6) is 0 Å². The minimum Gasteiger partial charge on any atom is -0.545 e. The summed E-state index contributed by atoms with van der Waals surface area (Å²) in [5.41, 5.74) is 5.45. The van der Waals surface area contributed by atoms with Crippen molar-refractivity contribution < 1.29 is 9.90 Å². The maximum atomic E-state index is 10.7. The number of carbonyl (C=O) groups is 1. The highest BCUT2D eigenvalue weighted by Crippen LogP contribution is 2.57. The van der Waals surface area contributed by atoms with E-state index in [0.717, 1.165) is 29.9 Å². The molecule has 0 saturated heterocycles. The van der Waals surface area contributed by atoms with Gasteiger partial charge in [-0.25, -0.2) is 0 Å². The van der Waals surface area contributed by atoms with Gasteiger partial charge >= 0.3 is 0 Å². The van der Waals surface area contributed by atoms with Crippen molar-refractivity contribution in [2.75, 3.05) is 5.43 Å². The molecule has 1 aromatic carbocycles. The Balaban J connectivity index is 1.46. The molecule has 4 atom stereocenters. The van der Waals surface area contributed by atoms with Crippen LogP contribution in [0.1, 0.15) is 42.5 Å². The summed E-state index contributed by atoms with van der Waals surface area (Å²) in [6.45, 7) is 0. The second-order valence-corrected chi connectivity index (χ2v) is 6.64. The van der Waals surface area contributed by atoms with E-state index in [-0.39, 0.29) is 5.56 Å². The van der Waals surface area contributed by atoms with E-state index in [1.807, 2.05) is 0 Å². The topological polar surface area (TPSA) is 64.5 Å². The van der Waals surface area contributed by atoms with Crippen LogP contribution < -0.4 is 10.5 Å². The van der Waals surface area contributed by atoms with Crippen LogP contribution in [0.25, 0.3) is 0 Å². The zero-order valence-corrected chi connectivity index (χ0v) is 11.9. The lowest BCUT2D eigenvalue weighted by atomic mass is 9.81. The molecule has 4 heteroatoms. The Kier molecular flexibility index (Phi) is 2.98. The molecule has 3 fully saturated rings. The second-order valence-electron chi connectivity index (χ2n) is 6.64. The van der Waals surface area contributed by atoms with Gasteiger partial charge in [0.15, 0.2) is 0 Å². The van der Waals surface area contributed by atoms with Crippen LogP contribution in [-0.2, 0) is 0 Å². The minimum absolute atomic E-state index is 0.196. The van der Waals surface area contributed by atoms with Crippen LogP contribution in [0.3, 0.4) is 0 Å². The van der Waals surface area contributed by atoms with Crippen molar-refractivity contribution >= 4 is 17.4 Å². The van der Waals surface area contributed by atoms with E-state index in [1.54, 1.807) is 24.3 Å². The number of carbonyl (C=O) groups excluding carboxylic acids is 1. The van der Waals surface area contributed by atoms with Crippen molar-refractivity contribution in [3.8, 4) is 0 Å². The number of hydrazone groups is 1. The third kappa shape index (κ3) is 2.13. The third-order valence-corrected chi connectivity index (χ3v) is 5.65. The second kappa shape index (κ2) is 4.86. The number of nitrogens with zero attached hydrogens (tertiary/aromatic N) is 1. The van der Waals surface area contributed by atoms with Crippen molar-refractivity contribution in [2.24, 2.45) is 28.8 Å². The highest BCUT2D eigenvalue weighted by molar-refractivity contribution is 5.91. The summed E-state index contributed by atoms with van der Waals surface area (Å²) >= 11 is 0. The normalized spacial score (nSPS) is 35.1. The van der Waals surface area contributed by atoms with Gasteiger partial charge in [-0.15, -0.1) is 0 Å². The summed E-state index contributed by atoms with van der Waals surface area (Å²) in [6.07, 6.45) is 6.69. The van der Waals surface area contributed by atoms with Gasteiger partial charge in [-0.2, -0.15) is 5.10 Å². The summed E-state index contributed by atoms with van der Waals surface area (Å²) in [5.74, 6) is 2.26. The predicted octanol–water partition coefficient (Wildman–Crippen LogP) is 2.27. The fourth-order valence-electron chi connectivity index (χ4n) is 4.76. The third-order valence-electron chi connectivity index (χ3n) is 5.65. The number of rotatable bonds is 3. The molecule has 3 aliphatic carbocycles. The number of hydrogen-bond acceptors (Lipinski definition) is 4. The maximum absolute atomic E-state index is 10.7. The molecule has 0 radical (unpaired) electrons. The van der Waals surface area contributed by atoms with Gasteiger partial charge in [0.25, 0.3) is 0 Å². The van der Waals surface area contributed by atoms with E-state index in [4.69, 9.17) is 0 Å². The van der Waals surface area contributed by atoms with Crippen molar-refractivity contribution in [3.05, 3.63) is 29.8 Å². The summed E-state index contributed by atoms with van der Waals surface area (Å²) in [5, 5.41) is 15.3. The quantitative estimate of drug-likeness (QED) is 0.865. The largest absolute Gasteiger partial charge is 0.545 e. The smallest absolute Gasteiger partial charge is 0.0715 e. The van der Waals surface area contributed by atoms with Gasteiger partial charge < -0.3 is 9.90 Å². The van der Waals surface area contributed by atoms with Crippen molar-refractivity contribution in [2.45, 2.75) is 32.1 Å². The van der Waals surface area contributed by atoms with Gasteiger partial charge in [0.2, 0.25) is 0 Å². The lowest BCUT2D eigenvalue weighted by Gasteiger charge is -2.25. The Labute approximate surface area is 124 Å². The maximum Gasteiger partial charge on any atom is 0.0715 e. The van der Waals surface area contributed by atoms with E-state index in [0.29, 0.717) is 5.92 Å². The molecular formula is C17H19N2O2-. The monoisotopic (exact) mass is 283 g/mol. The van der Waals surface area contributed by atoms with Gasteiger partial charge in [0.1, 0.15) is 0 Å². The number of hydrogen-bond donors (Lipinski definition) is 1. The Morgan fingerprint density at radius 3 is 2.71 bits per heavy atom. The van der Waals surface area contributed by atoms with Crippen LogP contribution in [0.4, 0.5) is 5.69 Å². The number of benzene rings is 1. The van der Waals surface area contributed by atoms with E-state index in [1.165, 1.54) is 31.4 Å².